The Hall–Kier alpha value is -1.83. The van der Waals surface area contributed by atoms with Crippen LogP contribution in [0.25, 0.3) is 22.8 Å². The van der Waals surface area contributed by atoms with E-state index in [-0.39, 0.29) is 0 Å². The van der Waals surface area contributed by atoms with Gasteiger partial charge in [-0.25, -0.2) is 4.98 Å². The molecule has 0 aliphatic carbocycles. The van der Waals surface area contributed by atoms with Gasteiger partial charge in [-0.05, 0) is 71.1 Å². The molecule has 0 spiro atoms. The van der Waals surface area contributed by atoms with Gasteiger partial charge in [0.05, 0.1) is 0 Å². The van der Waals surface area contributed by atoms with E-state index < -0.39 is 0 Å². The van der Waals surface area contributed by atoms with Crippen molar-refractivity contribution in [2.24, 2.45) is 7.05 Å². The third kappa shape index (κ3) is 4.05. The minimum atomic E-state index is 0.733. The average molecular weight is 504 g/mol. The van der Waals surface area contributed by atoms with E-state index in [9.17, 15) is 0 Å². The van der Waals surface area contributed by atoms with Crippen molar-refractivity contribution >= 4 is 46.0 Å². The van der Waals surface area contributed by atoms with Gasteiger partial charge in [0, 0.05) is 32.3 Å². The average Bonchev–Trinajstić information content (AvgIpc) is 3.01. The maximum atomic E-state index is 6.04. The summed E-state index contributed by atoms with van der Waals surface area (Å²) in [5, 5.41) is 1.80. The van der Waals surface area contributed by atoms with E-state index in [1.54, 1.807) is 18.0 Å². The summed E-state index contributed by atoms with van der Waals surface area (Å²) in [4.78, 5) is 10.5. The standard InChI is InChI=1S/C21H15ClIN3S/c1-26-20(18-4-2-3-13-24-18)25-19(14-5-9-16(23)10-6-14)21(26)27-17-11-7-15(22)8-12-17/h2-13H,1H3. The van der Waals surface area contributed by atoms with Gasteiger partial charge in [-0.3, -0.25) is 4.98 Å². The number of hydrogen-bond donors (Lipinski definition) is 0. The van der Waals surface area contributed by atoms with Crippen molar-refractivity contribution in [2.45, 2.75) is 9.92 Å². The smallest absolute Gasteiger partial charge is 0.159 e. The van der Waals surface area contributed by atoms with Gasteiger partial charge in [0.1, 0.15) is 16.4 Å². The van der Waals surface area contributed by atoms with E-state index in [0.29, 0.717) is 0 Å². The molecule has 0 saturated heterocycles. The van der Waals surface area contributed by atoms with Crippen molar-refractivity contribution in [3.8, 4) is 22.8 Å². The molecule has 2 aromatic carbocycles. The summed E-state index contributed by atoms with van der Waals surface area (Å²) >= 11 is 10.0. The van der Waals surface area contributed by atoms with Crippen molar-refractivity contribution < 1.29 is 0 Å². The zero-order chi connectivity index (χ0) is 18.8. The maximum Gasteiger partial charge on any atom is 0.159 e. The molecule has 0 saturated carbocycles. The van der Waals surface area contributed by atoms with Crippen LogP contribution in [0.15, 0.2) is 82.8 Å². The van der Waals surface area contributed by atoms with Crippen molar-refractivity contribution in [1.29, 1.82) is 0 Å². The van der Waals surface area contributed by atoms with Crippen LogP contribution >= 0.6 is 46.0 Å². The topological polar surface area (TPSA) is 30.7 Å². The molecule has 0 bridgehead atoms. The van der Waals surface area contributed by atoms with Crippen molar-refractivity contribution in [1.82, 2.24) is 14.5 Å². The Labute approximate surface area is 181 Å². The zero-order valence-corrected chi connectivity index (χ0v) is 18.2. The second-order valence-electron chi connectivity index (χ2n) is 5.93. The first-order chi connectivity index (χ1) is 13.1. The van der Waals surface area contributed by atoms with Gasteiger partial charge < -0.3 is 4.57 Å². The Morgan fingerprint density at radius 1 is 0.963 bits per heavy atom. The molecule has 2 heterocycles. The summed E-state index contributed by atoms with van der Waals surface area (Å²) in [6.45, 7) is 0. The maximum absolute atomic E-state index is 6.04. The minimum absolute atomic E-state index is 0.733. The number of aromatic nitrogens is 3. The van der Waals surface area contributed by atoms with Gasteiger partial charge in [0.25, 0.3) is 0 Å². The molecule has 4 aromatic rings. The lowest BCUT2D eigenvalue weighted by atomic mass is 10.2. The molecule has 0 atom stereocenters. The number of pyridine rings is 1. The highest BCUT2D eigenvalue weighted by Gasteiger charge is 2.19. The van der Waals surface area contributed by atoms with Crippen LogP contribution in [0.4, 0.5) is 0 Å². The number of imidazole rings is 1. The predicted molar refractivity (Wildman–Crippen MR) is 120 cm³/mol. The SMILES string of the molecule is Cn1c(-c2ccccn2)nc(-c2ccc(I)cc2)c1Sc1ccc(Cl)cc1. The van der Waals surface area contributed by atoms with Crippen LogP contribution in [-0.4, -0.2) is 14.5 Å². The van der Waals surface area contributed by atoms with Crippen LogP contribution in [0.5, 0.6) is 0 Å². The van der Waals surface area contributed by atoms with E-state index in [4.69, 9.17) is 16.6 Å². The van der Waals surface area contributed by atoms with E-state index in [0.717, 1.165) is 37.7 Å². The molecule has 27 heavy (non-hydrogen) atoms. The number of halogens is 2. The van der Waals surface area contributed by atoms with E-state index in [1.165, 1.54) is 3.57 Å². The van der Waals surface area contributed by atoms with Gasteiger partial charge in [0.15, 0.2) is 5.82 Å². The highest BCUT2D eigenvalue weighted by molar-refractivity contribution is 14.1. The van der Waals surface area contributed by atoms with Gasteiger partial charge >= 0.3 is 0 Å². The second-order valence-corrected chi connectivity index (χ2v) is 8.67. The monoisotopic (exact) mass is 503 g/mol. The lowest BCUT2D eigenvalue weighted by Gasteiger charge is -2.07. The molecule has 134 valence electrons. The van der Waals surface area contributed by atoms with Crippen LogP contribution in [0.1, 0.15) is 0 Å². The summed E-state index contributed by atoms with van der Waals surface area (Å²) in [5.74, 6) is 0.848. The summed E-state index contributed by atoms with van der Waals surface area (Å²) in [7, 11) is 2.03. The molecule has 0 radical (unpaired) electrons. The van der Waals surface area contributed by atoms with Crippen molar-refractivity contribution in [3.05, 3.63) is 81.5 Å². The molecule has 6 heteroatoms. The Morgan fingerprint density at radius 2 is 1.70 bits per heavy atom. The zero-order valence-electron chi connectivity index (χ0n) is 14.4. The third-order valence-electron chi connectivity index (χ3n) is 4.08. The molecule has 0 N–H and O–H groups in total. The molecule has 3 nitrogen and oxygen atoms in total. The first-order valence-corrected chi connectivity index (χ1v) is 10.6. The van der Waals surface area contributed by atoms with E-state index in [2.05, 4.69) is 56.4 Å². The molecule has 0 unspecified atom stereocenters. The van der Waals surface area contributed by atoms with Gasteiger partial charge in [-0.15, -0.1) is 0 Å². The lowest BCUT2D eigenvalue weighted by molar-refractivity contribution is 0.831. The Morgan fingerprint density at radius 3 is 2.37 bits per heavy atom. The van der Waals surface area contributed by atoms with Gasteiger partial charge in [-0.1, -0.05) is 41.6 Å². The third-order valence-corrected chi connectivity index (χ3v) is 6.22. The number of rotatable bonds is 4. The number of nitrogens with zero attached hydrogens (tertiary/aromatic N) is 3. The molecule has 0 aliphatic rings. The number of benzene rings is 2. The molecule has 4 rings (SSSR count). The summed E-state index contributed by atoms with van der Waals surface area (Å²) in [6.07, 6.45) is 1.79. The number of hydrogen-bond acceptors (Lipinski definition) is 3. The molecule has 0 aliphatic heterocycles. The fraction of sp³-hybridized carbons (Fsp3) is 0.0476. The molecular formula is C21H15ClIN3S. The van der Waals surface area contributed by atoms with Crippen molar-refractivity contribution in [3.63, 3.8) is 0 Å². The van der Waals surface area contributed by atoms with Crippen LogP contribution in [0.2, 0.25) is 5.02 Å². The molecule has 0 fully saturated rings. The quantitative estimate of drug-likeness (QED) is 0.296. The Bertz CT molecular complexity index is 1060. The van der Waals surface area contributed by atoms with E-state index >= 15 is 0 Å². The van der Waals surface area contributed by atoms with Crippen molar-refractivity contribution in [2.75, 3.05) is 0 Å². The summed E-state index contributed by atoms with van der Waals surface area (Å²) in [6, 6.07) is 22.2. The summed E-state index contributed by atoms with van der Waals surface area (Å²) in [5.41, 5.74) is 2.90. The molecule has 0 amide bonds. The molecular weight excluding hydrogens is 489 g/mol. The van der Waals surface area contributed by atoms with Crippen LogP contribution < -0.4 is 0 Å². The first-order valence-electron chi connectivity index (χ1n) is 8.29. The normalized spacial score (nSPS) is 10.9. The van der Waals surface area contributed by atoms with Gasteiger partial charge in [0.2, 0.25) is 0 Å². The second kappa shape index (κ2) is 8.04. The fourth-order valence-electron chi connectivity index (χ4n) is 2.73. The Balaban J connectivity index is 1.85. The van der Waals surface area contributed by atoms with Crippen LogP contribution in [-0.2, 0) is 7.05 Å². The molecule has 2 aromatic heterocycles. The minimum Gasteiger partial charge on any atom is -0.320 e. The lowest BCUT2D eigenvalue weighted by Crippen LogP contribution is -1.95. The van der Waals surface area contributed by atoms with Gasteiger partial charge in [-0.2, -0.15) is 0 Å². The van der Waals surface area contributed by atoms with E-state index in [1.807, 2.05) is 49.5 Å². The highest BCUT2D eigenvalue weighted by atomic mass is 127. The van der Waals surface area contributed by atoms with Crippen LogP contribution in [0, 0.1) is 3.57 Å². The predicted octanol–water partition coefficient (Wildman–Crippen LogP) is 6.56. The largest absolute Gasteiger partial charge is 0.320 e. The fourth-order valence-corrected chi connectivity index (χ4v) is 4.20. The first kappa shape index (κ1) is 18.5. The summed E-state index contributed by atoms with van der Waals surface area (Å²) < 4.78 is 3.30. The highest BCUT2D eigenvalue weighted by Crippen LogP contribution is 2.38. The van der Waals surface area contributed by atoms with Crippen LogP contribution in [0.3, 0.4) is 0 Å². The Kier molecular flexibility index (Phi) is 5.52.